The van der Waals surface area contributed by atoms with E-state index >= 15 is 0 Å². The molecule has 9 heteroatoms. The Hall–Kier alpha value is -3.88. The molecule has 0 saturated heterocycles. The lowest BCUT2D eigenvalue weighted by molar-refractivity contribution is -0.129. The summed E-state index contributed by atoms with van der Waals surface area (Å²) in [5, 5.41) is 7.69. The molecule has 0 bridgehead atoms. The lowest BCUT2D eigenvalue weighted by atomic mass is 10.1. The third-order valence-corrected chi connectivity index (χ3v) is 5.07. The zero-order chi connectivity index (χ0) is 22.8. The predicted molar refractivity (Wildman–Crippen MR) is 116 cm³/mol. The van der Waals surface area contributed by atoms with Crippen LogP contribution in [0.1, 0.15) is 42.9 Å². The highest BCUT2D eigenvalue weighted by atomic mass is 16.7. The van der Waals surface area contributed by atoms with Crippen molar-refractivity contribution < 1.29 is 23.8 Å². The molecule has 2 aromatic carbocycles. The molecule has 1 atom stereocenters. The zero-order valence-corrected chi connectivity index (χ0v) is 18.0. The van der Waals surface area contributed by atoms with Gasteiger partial charge in [0.15, 0.2) is 23.3 Å². The zero-order valence-electron chi connectivity index (χ0n) is 18.0. The van der Waals surface area contributed by atoms with E-state index < -0.39 is 18.0 Å². The number of carbonyl (C=O) groups is 2. The van der Waals surface area contributed by atoms with E-state index in [2.05, 4.69) is 10.4 Å². The number of aromatic nitrogens is 2. The molecule has 0 radical (unpaired) electrons. The van der Waals surface area contributed by atoms with Gasteiger partial charge in [0.25, 0.3) is 11.5 Å². The molecule has 1 unspecified atom stereocenters. The van der Waals surface area contributed by atoms with Crippen molar-refractivity contribution in [3.05, 3.63) is 64.1 Å². The Labute approximate surface area is 183 Å². The molecule has 32 heavy (non-hydrogen) atoms. The summed E-state index contributed by atoms with van der Waals surface area (Å²) < 4.78 is 17.2. The van der Waals surface area contributed by atoms with Crippen LogP contribution in [0.25, 0.3) is 10.8 Å². The lowest BCUT2D eigenvalue weighted by Crippen LogP contribution is -2.36. The number of hydrogen-bond donors (Lipinski definition) is 1. The first kappa shape index (κ1) is 21.4. The monoisotopic (exact) mass is 437 g/mol. The Morgan fingerprint density at radius 1 is 1.09 bits per heavy atom. The second kappa shape index (κ2) is 8.70. The highest BCUT2D eigenvalue weighted by Gasteiger charge is 2.24. The Morgan fingerprint density at radius 3 is 2.56 bits per heavy atom. The maximum Gasteiger partial charge on any atom is 0.360 e. The second-order valence-electron chi connectivity index (χ2n) is 7.69. The molecule has 166 valence electrons. The van der Waals surface area contributed by atoms with Gasteiger partial charge in [-0.05, 0) is 44.5 Å². The fraction of sp³-hybridized carbons (Fsp3) is 0.304. The van der Waals surface area contributed by atoms with Gasteiger partial charge in [-0.2, -0.15) is 5.10 Å². The van der Waals surface area contributed by atoms with Gasteiger partial charge in [0.1, 0.15) is 0 Å². The lowest BCUT2D eigenvalue weighted by Gasteiger charge is -2.16. The number of nitrogens with zero attached hydrogens (tertiary/aromatic N) is 2. The summed E-state index contributed by atoms with van der Waals surface area (Å²) in [5.41, 5.74) is 0.517. The van der Waals surface area contributed by atoms with E-state index in [4.69, 9.17) is 14.2 Å². The summed E-state index contributed by atoms with van der Waals surface area (Å²) in [6.07, 6.45) is -1.06. The van der Waals surface area contributed by atoms with E-state index in [1.807, 2.05) is 6.07 Å². The number of benzene rings is 2. The number of amides is 1. The van der Waals surface area contributed by atoms with Gasteiger partial charge < -0.3 is 19.5 Å². The molecule has 0 aliphatic carbocycles. The van der Waals surface area contributed by atoms with Crippen LogP contribution in [-0.4, -0.2) is 34.6 Å². The number of carbonyl (C=O) groups excluding carboxylic acids is 2. The Bertz CT molecular complexity index is 1250. The summed E-state index contributed by atoms with van der Waals surface area (Å²) in [6, 6.07) is 11.8. The molecular formula is C23H23N3O6. The fourth-order valence-electron chi connectivity index (χ4n) is 3.36. The summed E-state index contributed by atoms with van der Waals surface area (Å²) in [6.45, 7) is 5.48. The van der Waals surface area contributed by atoms with E-state index in [9.17, 15) is 14.4 Å². The molecule has 3 aromatic rings. The number of rotatable bonds is 6. The molecule has 1 N–H and O–H groups in total. The molecule has 1 aromatic heterocycles. The summed E-state index contributed by atoms with van der Waals surface area (Å²) in [4.78, 5) is 38.0. The van der Waals surface area contributed by atoms with Gasteiger partial charge in [-0.15, -0.1) is 0 Å². The number of nitrogens with one attached hydrogen (secondary N) is 1. The highest BCUT2D eigenvalue weighted by molar-refractivity contribution is 6.02. The molecule has 0 spiro atoms. The molecule has 1 amide bonds. The van der Waals surface area contributed by atoms with Gasteiger partial charge in [0.2, 0.25) is 6.79 Å². The molecule has 0 fully saturated rings. The standard InChI is InChI=1S/C23H23N3O6/c1-13(2)26-22(28)17-7-5-4-6-16(17)20(25-26)23(29)32-14(3)21(27)24-11-15-8-9-18-19(10-15)31-12-30-18/h4-10,13-14H,11-12H2,1-3H3,(H,24,27). The molecule has 4 rings (SSSR count). The van der Waals surface area contributed by atoms with Crippen molar-refractivity contribution >= 4 is 22.6 Å². The highest BCUT2D eigenvalue weighted by Crippen LogP contribution is 2.32. The third kappa shape index (κ3) is 4.14. The molecule has 1 aliphatic rings. The van der Waals surface area contributed by atoms with E-state index in [0.29, 0.717) is 22.3 Å². The van der Waals surface area contributed by atoms with Gasteiger partial charge in [0, 0.05) is 11.9 Å². The number of fused-ring (bicyclic) bond motifs is 2. The Morgan fingerprint density at radius 2 is 1.81 bits per heavy atom. The molecule has 9 nitrogen and oxygen atoms in total. The van der Waals surface area contributed by atoms with Gasteiger partial charge in [-0.25, -0.2) is 9.48 Å². The van der Waals surface area contributed by atoms with Crippen LogP contribution in [0.2, 0.25) is 0 Å². The van der Waals surface area contributed by atoms with Crippen molar-refractivity contribution in [1.29, 1.82) is 0 Å². The first-order chi connectivity index (χ1) is 15.3. The van der Waals surface area contributed by atoms with Crippen LogP contribution < -0.4 is 20.3 Å². The van der Waals surface area contributed by atoms with E-state index in [-0.39, 0.29) is 30.6 Å². The third-order valence-electron chi connectivity index (χ3n) is 5.07. The van der Waals surface area contributed by atoms with Crippen LogP contribution in [0.4, 0.5) is 0 Å². The summed E-state index contributed by atoms with van der Waals surface area (Å²) in [7, 11) is 0. The molecule has 0 saturated carbocycles. The summed E-state index contributed by atoms with van der Waals surface area (Å²) in [5.74, 6) is 0.0399. The minimum atomic E-state index is -1.06. The van der Waals surface area contributed by atoms with Crippen molar-refractivity contribution in [3.63, 3.8) is 0 Å². The van der Waals surface area contributed by atoms with E-state index in [1.165, 1.54) is 11.6 Å². The maximum atomic E-state index is 12.9. The SMILES string of the molecule is CC(OC(=O)c1nn(C(C)C)c(=O)c2ccccc12)C(=O)NCc1ccc2c(c1)OCO2. The maximum absolute atomic E-state index is 12.9. The van der Waals surface area contributed by atoms with Crippen molar-refractivity contribution in [3.8, 4) is 11.5 Å². The minimum Gasteiger partial charge on any atom is -0.454 e. The second-order valence-corrected chi connectivity index (χ2v) is 7.69. The topological polar surface area (TPSA) is 109 Å². The number of ether oxygens (including phenoxy) is 3. The van der Waals surface area contributed by atoms with Crippen molar-refractivity contribution in [1.82, 2.24) is 15.1 Å². The van der Waals surface area contributed by atoms with Crippen molar-refractivity contribution in [2.24, 2.45) is 0 Å². The van der Waals surface area contributed by atoms with E-state index in [1.54, 1.807) is 50.2 Å². The van der Waals surface area contributed by atoms with Gasteiger partial charge in [0.05, 0.1) is 11.4 Å². The fourth-order valence-corrected chi connectivity index (χ4v) is 3.36. The normalized spacial score (nSPS) is 13.2. The average Bonchev–Trinajstić information content (AvgIpc) is 3.25. The molecule has 2 heterocycles. The Kier molecular flexibility index (Phi) is 5.81. The van der Waals surface area contributed by atoms with Crippen molar-refractivity contribution in [2.75, 3.05) is 6.79 Å². The van der Waals surface area contributed by atoms with Crippen LogP contribution in [0.15, 0.2) is 47.3 Å². The molecule has 1 aliphatic heterocycles. The number of esters is 1. The van der Waals surface area contributed by atoms with Crippen LogP contribution >= 0.6 is 0 Å². The minimum absolute atomic E-state index is 0.00989. The van der Waals surface area contributed by atoms with Crippen LogP contribution in [0, 0.1) is 0 Å². The van der Waals surface area contributed by atoms with Crippen molar-refractivity contribution in [2.45, 2.75) is 39.5 Å². The summed E-state index contributed by atoms with van der Waals surface area (Å²) >= 11 is 0. The Balaban J connectivity index is 1.47. The smallest absolute Gasteiger partial charge is 0.360 e. The number of hydrogen-bond acceptors (Lipinski definition) is 7. The largest absolute Gasteiger partial charge is 0.454 e. The van der Waals surface area contributed by atoms with Gasteiger partial charge in [-0.1, -0.05) is 24.3 Å². The van der Waals surface area contributed by atoms with Crippen LogP contribution in [-0.2, 0) is 16.1 Å². The quantitative estimate of drug-likeness (QED) is 0.591. The van der Waals surface area contributed by atoms with Crippen LogP contribution in [0.3, 0.4) is 0 Å². The first-order valence-corrected chi connectivity index (χ1v) is 10.2. The van der Waals surface area contributed by atoms with Gasteiger partial charge >= 0.3 is 5.97 Å². The van der Waals surface area contributed by atoms with Crippen LogP contribution in [0.5, 0.6) is 11.5 Å². The first-order valence-electron chi connectivity index (χ1n) is 10.2. The average molecular weight is 437 g/mol. The van der Waals surface area contributed by atoms with Gasteiger partial charge in [-0.3, -0.25) is 9.59 Å². The predicted octanol–water partition coefficient (Wildman–Crippen LogP) is 2.57. The van der Waals surface area contributed by atoms with E-state index in [0.717, 1.165) is 5.56 Å². The molecular weight excluding hydrogens is 414 g/mol.